The number of hydrogen-bond donors (Lipinski definition) is 1. The van der Waals surface area contributed by atoms with E-state index in [0.29, 0.717) is 19.1 Å². The van der Waals surface area contributed by atoms with Crippen LogP contribution in [0.4, 0.5) is 4.79 Å². The minimum absolute atomic E-state index is 0.210. The maximum absolute atomic E-state index is 12.0. The van der Waals surface area contributed by atoms with Crippen LogP contribution in [0, 0.1) is 5.92 Å². The number of hydrogen-bond acceptors (Lipinski definition) is 3. The van der Waals surface area contributed by atoms with Gasteiger partial charge in [0, 0.05) is 25.7 Å². The standard InChI is InChI=1S/C16H32N2O2/c1-6-18(15(19)20-16(3,4)5)12-11-17-14-10-8-7-9-13(14)2/h13-14,17H,6-12H2,1-5H3. The second-order valence-corrected chi connectivity index (χ2v) is 6.88. The molecule has 4 heteroatoms. The van der Waals surface area contributed by atoms with Crippen molar-refractivity contribution in [3.05, 3.63) is 0 Å². The molecular formula is C16H32N2O2. The fourth-order valence-electron chi connectivity index (χ4n) is 2.71. The number of carbonyl (C=O) groups is 1. The first-order chi connectivity index (χ1) is 9.33. The van der Waals surface area contributed by atoms with E-state index in [1.54, 1.807) is 4.90 Å². The number of amides is 1. The maximum atomic E-state index is 12.0. The van der Waals surface area contributed by atoms with Crippen LogP contribution in [-0.2, 0) is 4.74 Å². The Balaban J connectivity index is 2.32. The Morgan fingerprint density at radius 2 is 1.95 bits per heavy atom. The van der Waals surface area contributed by atoms with Crippen molar-refractivity contribution in [3.8, 4) is 0 Å². The number of nitrogens with one attached hydrogen (secondary N) is 1. The third-order valence-corrected chi connectivity index (χ3v) is 3.93. The average Bonchev–Trinajstić information content (AvgIpc) is 2.34. The maximum Gasteiger partial charge on any atom is 0.410 e. The van der Waals surface area contributed by atoms with Gasteiger partial charge >= 0.3 is 6.09 Å². The molecule has 0 spiro atoms. The molecule has 118 valence electrons. The zero-order chi connectivity index (χ0) is 15.2. The van der Waals surface area contributed by atoms with E-state index >= 15 is 0 Å². The summed E-state index contributed by atoms with van der Waals surface area (Å²) in [5, 5.41) is 3.60. The Kier molecular flexibility index (Phi) is 6.80. The molecule has 0 aromatic rings. The van der Waals surface area contributed by atoms with Gasteiger partial charge in [-0.05, 0) is 46.5 Å². The molecule has 0 bridgehead atoms. The number of carbonyl (C=O) groups excluding carboxylic acids is 1. The van der Waals surface area contributed by atoms with E-state index in [4.69, 9.17) is 4.74 Å². The monoisotopic (exact) mass is 284 g/mol. The first kappa shape index (κ1) is 17.3. The second-order valence-electron chi connectivity index (χ2n) is 6.88. The summed E-state index contributed by atoms with van der Waals surface area (Å²) in [5.74, 6) is 0.750. The molecule has 2 atom stereocenters. The third-order valence-electron chi connectivity index (χ3n) is 3.93. The summed E-state index contributed by atoms with van der Waals surface area (Å²) in [6.45, 7) is 12.3. The molecule has 0 saturated heterocycles. The Morgan fingerprint density at radius 1 is 1.30 bits per heavy atom. The van der Waals surface area contributed by atoms with Crippen LogP contribution in [0.2, 0.25) is 0 Å². The van der Waals surface area contributed by atoms with Crippen LogP contribution in [0.25, 0.3) is 0 Å². The van der Waals surface area contributed by atoms with E-state index in [1.165, 1.54) is 25.7 Å². The molecule has 0 aromatic carbocycles. The summed E-state index contributed by atoms with van der Waals surface area (Å²) in [5.41, 5.74) is -0.421. The minimum atomic E-state index is -0.421. The summed E-state index contributed by atoms with van der Waals surface area (Å²) in [4.78, 5) is 13.8. The van der Waals surface area contributed by atoms with Crippen molar-refractivity contribution in [3.63, 3.8) is 0 Å². The Hall–Kier alpha value is -0.770. The SMILES string of the molecule is CCN(CCNC1CCCCC1C)C(=O)OC(C)(C)C. The summed E-state index contributed by atoms with van der Waals surface area (Å²) < 4.78 is 5.41. The highest BCUT2D eigenvalue weighted by atomic mass is 16.6. The van der Waals surface area contributed by atoms with Crippen molar-refractivity contribution in [2.24, 2.45) is 5.92 Å². The highest BCUT2D eigenvalue weighted by Gasteiger charge is 2.23. The molecule has 0 heterocycles. The van der Waals surface area contributed by atoms with Gasteiger partial charge in [0.15, 0.2) is 0 Å². The van der Waals surface area contributed by atoms with Gasteiger partial charge in [-0.2, -0.15) is 0 Å². The Morgan fingerprint density at radius 3 is 2.50 bits per heavy atom. The summed E-state index contributed by atoms with van der Waals surface area (Å²) >= 11 is 0. The lowest BCUT2D eigenvalue weighted by atomic mass is 9.86. The molecular weight excluding hydrogens is 252 g/mol. The van der Waals surface area contributed by atoms with Crippen molar-refractivity contribution >= 4 is 6.09 Å². The predicted octanol–water partition coefficient (Wildman–Crippen LogP) is 3.41. The lowest BCUT2D eigenvalue weighted by Crippen LogP contribution is -2.44. The van der Waals surface area contributed by atoms with Crippen LogP contribution in [0.15, 0.2) is 0 Å². The van der Waals surface area contributed by atoms with Gasteiger partial charge in [0.2, 0.25) is 0 Å². The number of likely N-dealkylation sites (N-methyl/N-ethyl adjacent to an activating group) is 1. The van der Waals surface area contributed by atoms with Crippen molar-refractivity contribution < 1.29 is 9.53 Å². The van der Waals surface area contributed by atoms with Gasteiger partial charge in [-0.3, -0.25) is 0 Å². The van der Waals surface area contributed by atoms with Crippen molar-refractivity contribution in [2.45, 2.75) is 71.9 Å². The topological polar surface area (TPSA) is 41.6 Å². The quantitative estimate of drug-likeness (QED) is 0.841. The zero-order valence-electron chi connectivity index (χ0n) is 13.9. The molecule has 1 aliphatic carbocycles. The smallest absolute Gasteiger partial charge is 0.410 e. The van der Waals surface area contributed by atoms with Gasteiger partial charge in [-0.25, -0.2) is 4.79 Å². The molecule has 1 fully saturated rings. The first-order valence-electron chi connectivity index (χ1n) is 8.04. The van der Waals surface area contributed by atoms with Gasteiger partial charge in [0.05, 0.1) is 0 Å². The molecule has 1 aliphatic rings. The minimum Gasteiger partial charge on any atom is -0.444 e. The molecule has 0 radical (unpaired) electrons. The lowest BCUT2D eigenvalue weighted by molar-refractivity contribution is 0.0259. The van der Waals surface area contributed by atoms with Crippen LogP contribution < -0.4 is 5.32 Å². The van der Waals surface area contributed by atoms with Crippen LogP contribution in [0.3, 0.4) is 0 Å². The predicted molar refractivity (Wildman–Crippen MR) is 82.9 cm³/mol. The molecule has 1 N–H and O–H groups in total. The molecule has 4 nitrogen and oxygen atoms in total. The lowest BCUT2D eigenvalue weighted by Gasteiger charge is -2.31. The van der Waals surface area contributed by atoms with Crippen molar-refractivity contribution in [1.29, 1.82) is 0 Å². The average molecular weight is 284 g/mol. The van der Waals surface area contributed by atoms with Crippen LogP contribution in [0.5, 0.6) is 0 Å². The van der Waals surface area contributed by atoms with Crippen LogP contribution >= 0.6 is 0 Å². The summed E-state index contributed by atoms with van der Waals surface area (Å²) in [6.07, 6.45) is 5.06. The van der Waals surface area contributed by atoms with E-state index in [0.717, 1.165) is 12.5 Å². The third kappa shape index (κ3) is 6.12. The number of nitrogens with zero attached hydrogens (tertiary/aromatic N) is 1. The number of ether oxygens (including phenoxy) is 1. The largest absolute Gasteiger partial charge is 0.444 e. The van der Waals surface area contributed by atoms with Crippen molar-refractivity contribution in [2.75, 3.05) is 19.6 Å². The van der Waals surface area contributed by atoms with Crippen LogP contribution in [-0.4, -0.2) is 42.3 Å². The first-order valence-corrected chi connectivity index (χ1v) is 8.04. The normalized spacial score (nSPS) is 23.4. The van der Waals surface area contributed by atoms with E-state index in [9.17, 15) is 4.79 Å². The zero-order valence-corrected chi connectivity index (χ0v) is 13.9. The fourth-order valence-corrected chi connectivity index (χ4v) is 2.71. The highest BCUT2D eigenvalue weighted by Crippen LogP contribution is 2.23. The van der Waals surface area contributed by atoms with E-state index in [-0.39, 0.29) is 6.09 Å². The molecule has 1 saturated carbocycles. The molecule has 20 heavy (non-hydrogen) atoms. The number of rotatable bonds is 5. The van der Waals surface area contributed by atoms with Gasteiger partial charge in [0.1, 0.15) is 5.60 Å². The molecule has 0 aromatic heterocycles. The fraction of sp³-hybridized carbons (Fsp3) is 0.938. The molecule has 2 unspecified atom stereocenters. The van der Waals surface area contributed by atoms with Gasteiger partial charge < -0.3 is 15.0 Å². The molecule has 1 rings (SSSR count). The van der Waals surface area contributed by atoms with Crippen LogP contribution in [0.1, 0.15) is 60.3 Å². The van der Waals surface area contributed by atoms with E-state index in [1.807, 2.05) is 27.7 Å². The van der Waals surface area contributed by atoms with Crippen molar-refractivity contribution in [1.82, 2.24) is 10.2 Å². The molecule has 0 aliphatic heterocycles. The Bertz CT molecular complexity index is 299. The molecule has 1 amide bonds. The van der Waals surface area contributed by atoms with E-state index < -0.39 is 5.60 Å². The van der Waals surface area contributed by atoms with Gasteiger partial charge in [-0.1, -0.05) is 19.8 Å². The highest BCUT2D eigenvalue weighted by molar-refractivity contribution is 5.68. The van der Waals surface area contributed by atoms with Gasteiger partial charge in [0.25, 0.3) is 0 Å². The van der Waals surface area contributed by atoms with Gasteiger partial charge in [-0.15, -0.1) is 0 Å². The summed E-state index contributed by atoms with van der Waals surface area (Å²) in [7, 11) is 0. The van der Waals surface area contributed by atoms with E-state index in [2.05, 4.69) is 12.2 Å². The second kappa shape index (κ2) is 7.87. The Labute approximate surface area is 124 Å². The summed E-state index contributed by atoms with van der Waals surface area (Å²) in [6, 6.07) is 0.612.